The first-order valence-electron chi connectivity index (χ1n) is 6.81. The number of carbonyl (C=O) groups excluding carboxylic acids is 1. The number of piperidine rings is 1. The lowest BCUT2D eigenvalue weighted by molar-refractivity contribution is -0.133. The molecule has 1 saturated carbocycles. The number of aliphatic hydroxyl groups excluding tert-OH is 1. The van der Waals surface area contributed by atoms with E-state index in [2.05, 4.69) is 18.7 Å². The topological polar surface area (TPSA) is 43.8 Å². The zero-order valence-corrected chi connectivity index (χ0v) is 10.9. The van der Waals surface area contributed by atoms with Crippen molar-refractivity contribution in [3.63, 3.8) is 0 Å². The van der Waals surface area contributed by atoms with Gasteiger partial charge in [0.1, 0.15) is 0 Å². The maximum Gasteiger partial charge on any atom is 0.236 e. The Kier molecular flexibility index (Phi) is 4.05. The van der Waals surface area contributed by atoms with Crippen LogP contribution in [0.3, 0.4) is 0 Å². The summed E-state index contributed by atoms with van der Waals surface area (Å²) in [7, 11) is 0. The molecule has 0 aromatic carbocycles. The number of hydrogen-bond donors (Lipinski definition) is 1. The normalized spacial score (nSPS) is 30.3. The third-order valence-corrected chi connectivity index (χ3v) is 3.95. The van der Waals surface area contributed by atoms with Crippen molar-refractivity contribution in [1.29, 1.82) is 0 Å². The molecule has 0 aromatic heterocycles. The average Bonchev–Trinajstić information content (AvgIpc) is 3.09. The molecule has 1 aliphatic carbocycles. The van der Waals surface area contributed by atoms with E-state index in [9.17, 15) is 9.90 Å². The summed E-state index contributed by atoms with van der Waals surface area (Å²) in [5, 5.41) is 9.66. The molecule has 0 aromatic rings. The van der Waals surface area contributed by atoms with E-state index in [1.165, 1.54) is 12.8 Å². The fourth-order valence-corrected chi connectivity index (χ4v) is 2.67. The summed E-state index contributed by atoms with van der Waals surface area (Å²) >= 11 is 0. The van der Waals surface area contributed by atoms with Crippen LogP contribution in [0.4, 0.5) is 0 Å². The predicted octanol–water partition coefficient (Wildman–Crippen LogP) is 0.700. The molecule has 98 valence electrons. The molecule has 2 fully saturated rings. The number of likely N-dealkylation sites (N-methyl/N-ethyl adjacent to an activating group) is 1. The Morgan fingerprint density at radius 2 is 2.12 bits per heavy atom. The number of amides is 1. The number of hydrogen-bond acceptors (Lipinski definition) is 3. The highest BCUT2D eigenvalue weighted by atomic mass is 16.3. The van der Waals surface area contributed by atoms with E-state index in [0.717, 1.165) is 26.1 Å². The van der Waals surface area contributed by atoms with Crippen LogP contribution in [-0.4, -0.2) is 59.1 Å². The maximum absolute atomic E-state index is 12.1. The van der Waals surface area contributed by atoms with Gasteiger partial charge < -0.3 is 10.0 Å². The molecule has 2 atom stereocenters. The Bertz CT molecular complexity index is 279. The lowest BCUT2D eigenvalue weighted by Crippen LogP contribution is -2.47. The van der Waals surface area contributed by atoms with E-state index in [1.54, 1.807) is 0 Å². The smallest absolute Gasteiger partial charge is 0.236 e. The third-order valence-electron chi connectivity index (χ3n) is 3.95. The average molecular weight is 240 g/mol. The van der Waals surface area contributed by atoms with Gasteiger partial charge in [0.05, 0.1) is 12.6 Å². The molecule has 1 saturated heterocycles. The van der Waals surface area contributed by atoms with E-state index in [4.69, 9.17) is 0 Å². The molecule has 0 spiro atoms. The number of aliphatic hydroxyl groups is 1. The first-order chi connectivity index (χ1) is 8.11. The van der Waals surface area contributed by atoms with E-state index in [1.807, 2.05) is 4.90 Å². The molecule has 2 aliphatic rings. The van der Waals surface area contributed by atoms with Crippen LogP contribution < -0.4 is 0 Å². The van der Waals surface area contributed by atoms with Gasteiger partial charge in [0.15, 0.2) is 0 Å². The molecule has 2 rings (SSSR count). The van der Waals surface area contributed by atoms with Crippen LogP contribution in [0.25, 0.3) is 0 Å². The molecule has 1 N–H and O–H groups in total. The Hall–Kier alpha value is -0.610. The van der Waals surface area contributed by atoms with Gasteiger partial charge in [-0.15, -0.1) is 0 Å². The number of nitrogens with zero attached hydrogens (tertiary/aromatic N) is 2. The summed E-state index contributed by atoms with van der Waals surface area (Å²) in [6, 6.07) is 0.514. The molecule has 0 radical (unpaired) electrons. The van der Waals surface area contributed by atoms with Crippen molar-refractivity contribution in [3.05, 3.63) is 0 Å². The van der Waals surface area contributed by atoms with Crippen molar-refractivity contribution in [3.8, 4) is 0 Å². The van der Waals surface area contributed by atoms with Crippen LogP contribution in [0.1, 0.15) is 33.1 Å². The van der Waals surface area contributed by atoms with Crippen LogP contribution in [0.5, 0.6) is 0 Å². The predicted molar refractivity (Wildman–Crippen MR) is 66.6 cm³/mol. The van der Waals surface area contributed by atoms with Crippen LogP contribution in [0, 0.1) is 5.92 Å². The molecule has 1 aliphatic heterocycles. The minimum Gasteiger partial charge on any atom is -0.393 e. The quantitative estimate of drug-likeness (QED) is 0.786. The van der Waals surface area contributed by atoms with Gasteiger partial charge in [-0.3, -0.25) is 9.69 Å². The zero-order valence-electron chi connectivity index (χ0n) is 10.9. The van der Waals surface area contributed by atoms with Gasteiger partial charge in [-0.05, 0) is 32.1 Å². The molecule has 17 heavy (non-hydrogen) atoms. The van der Waals surface area contributed by atoms with Crippen molar-refractivity contribution < 1.29 is 9.90 Å². The highest BCUT2D eigenvalue weighted by molar-refractivity contribution is 5.78. The Morgan fingerprint density at radius 3 is 2.65 bits per heavy atom. The summed E-state index contributed by atoms with van der Waals surface area (Å²) < 4.78 is 0. The summed E-state index contributed by atoms with van der Waals surface area (Å²) in [5.74, 6) is 0.547. The van der Waals surface area contributed by atoms with Crippen LogP contribution in [0.2, 0.25) is 0 Å². The minimum absolute atomic E-state index is 0.188. The molecular weight excluding hydrogens is 216 g/mol. The van der Waals surface area contributed by atoms with Gasteiger partial charge in [-0.1, -0.05) is 6.92 Å². The summed E-state index contributed by atoms with van der Waals surface area (Å²) in [4.78, 5) is 16.3. The SMILES string of the molecule is CCN(C(=O)CN1CCC(O)C(C)C1)C1CC1. The minimum atomic E-state index is -0.188. The van der Waals surface area contributed by atoms with E-state index < -0.39 is 0 Å². The van der Waals surface area contributed by atoms with Gasteiger partial charge in [0.2, 0.25) is 5.91 Å². The molecule has 2 unspecified atom stereocenters. The van der Waals surface area contributed by atoms with Crippen molar-refractivity contribution in [2.45, 2.75) is 45.3 Å². The van der Waals surface area contributed by atoms with Gasteiger partial charge in [-0.25, -0.2) is 0 Å². The van der Waals surface area contributed by atoms with Crippen molar-refractivity contribution in [2.24, 2.45) is 5.92 Å². The highest BCUT2D eigenvalue weighted by Gasteiger charge is 2.33. The van der Waals surface area contributed by atoms with Crippen molar-refractivity contribution >= 4 is 5.91 Å². The van der Waals surface area contributed by atoms with Gasteiger partial charge in [0, 0.05) is 25.7 Å². The molecule has 0 bridgehead atoms. The summed E-state index contributed by atoms with van der Waals surface area (Å²) in [6.07, 6.45) is 2.96. The monoisotopic (exact) mass is 240 g/mol. The zero-order chi connectivity index (χ0) is 12.4. The molecule has 1 amide bonds. The Balaban J connectivity index is 1.81. The highest BCUT2D eigenvalue weighted by Crippen LogP contribution is 2.27. The molecule has 1 heterocycles. The molecule has 4 nitrogen and oxygen atoms in total. The Labute approximate surface area is 104 Å². The third kappa shape index (κ3) is 3.19. The van der Waals surface area contributed by atoms with E-state index in [0.29, 0.717) is 12.6 Å². The van der Waals surface area contributed by atoms with Gasteiger partial charge >= 0.3 is 0 Å². The first kappa shape index (κ1) is 12.8. The standard InChI is InChI=1S/C13H24N2O2/c1-3-15(11-4-5-11)13(17)9-14-7-6-12(16)10(2)8-14/h10-12,16H,3-9H2,1-2H3. The molecule has 4 heteroatoms. The largest absolute Gasteiger partial charge is 0.393 e. The second-order valence-corrected chi connectivity index (χ2v) is 5.48. The fraction of sp³-hybridized carbons (Fsp3) is 0.923. The fourth-order valence-electron chi connectivity index (χ4n) is 2.67. The van der Waals surface area contributed by atoms with Crippen LogP contribution in [-0.2, 0) is 4.79 Å². The lowest BCUT2D eigenvalue weighted by Gasteiger charge is -2.35. The van der Waals surface area contributed by atoms with E-state index in [-0.39, 0.29) is 17.9 Å². The maximum atomic E-state index is 12.1. The second-order valence-electron chi connectivity index (χ2n) is 5.48. The summed E-state index contributed by atoms with van der Waals surface area (Å²) in [6.45, 7) is 7.16. The summed E-state index contributed by atoms with van der Waals surface area (Å²) in [5.41, 5.74) is 0. The van der Waals surface area contributed by atoms with Crippen molar-refractivity contribution in [1.82, 2.24) is 9.80 Å². The number of rotatable bonds is 4. The van der Waals surface area contributed by atoms with Crippen LogP contribution >= 0.6 is 0 Å². The number of likely N-dealkylation sites (tertiary alicyclic amines) is 1. The van der Waals surface area contributed by atoms with Crippen molar-refractivity contribution in [2.75, 3.05) is 26.2 Å². The Morgan fingerprint density at radius 1 is 1.41 bits per heavy atom. The second kappa shape index (κ2) is 5.36. The van der Waals surface area contributed by atoms with Crippen LogP contribution in [0.15, 0.2) is 0 Å². The number of carbonyl (C=O) groups is 1. The van der Waals surface area contributed by atoms with E-state index >= 15 is 0 Å². The first-order valence-corrected chi connectivity index (χ1v) is 6.81. The molecular formula is C13H24N2O2. The van der Waals surface area contributed by atoms with Gasteiger partial charge in [0.25, 0.3) is 0 Å². The lowest BCUT2D eigenvalue weighted by atomic mass is 9.97. The van der Waals surface area contributed by atoms with Gasteiger partial charge in [-0.2, -0.15) is 0 Å².